The Morgan fingerprint density at radius 3 is 1.93 bits per heavy atom. The van der Waals surface area contributed by atoms with E-state index in [1.54, 1.807) is 13.8 Å². The molecule has 2 aromatic carbocycles. The van der Waals surface area contributed by atoms with Gasteiger partial charge in [0.2, 0.25) is 0 Å². The van der Waals surface area contributed by atoms with Gasteiger partial charge in [0, 0.05) is 5.56 Å². The molecule has 0 radical (unpaired) electrons. The van der Waals surface area contributed by atoms with Crippen molar-refractivity contribution in [3.8, 4) is 0 Å². The van der Waals surface area contributed by atoms with E-state index < -0.39 is 12.1 Å². The summed E-state index contributed by atoms with van der Waals surface area (Å²) in [6, 6.07) is 18.7. The van der Waals surface area contributed by atoms with E-state index in [0.717, 1.165) is 15.8 Å². The Morgan fingerprint density at radius 2 is 1.37 bits per heavy atom. The third-order valence-corrected chi connectivity index (χ3v) is 4.20. The van der Waals surface area contributed by atoms with E-state index in [9.17, 15) is 9.59 Å². The molecule has 0 fully saturated rings. The molecule has 0 N–H and O–H groups in total. The fourth-order valence-electron chi connectivity index (χ4n) is 2.52. The van der Waals surface area contributed by atoms with Crippen LogP contribution in [0.25, 0.3) is 0 Å². The van der Waals surface area contributed by atoms with Crippen LogP contribution >= 0.6 is 0 Å². The van der Waals surface area contributed by atoms with Gasteiger partial charge >= 0.3 is 12.1 Å². The lowest BCUT2D eigenvalue weighted by molar-refractivity contribution is 0.0464. The number of ether oxygens (including phenoxy) is 2. The fraction of sp³-hybridized carbons (Fsp3) is 0.190. The van der Waals surface area contributed by atoms with Crippen LogP contribution in [0, 0.1) is 13.8 Å². The molecular formula is C21H20N2O4. The highest BCUT2D eigenvalue weighted by molar-refractivity contribution is 5.90. The maximum Gasteiger partial charge on any atom is 0.435 e. The van der Waals surface area contributed by atoms with Gasteiger partial charge in [0.15, 0.2) is 5.69 Å². The molecule has 0 saturated carbocycles. The molecule has 1 aromatic heterocycles. The number of carbonyl (C=O) groups excluding carboxylic acids is 2. The fourth-order valence-corrected chi connectivity index (χ4v) is 2.52. The first-order valence-corrected chi connectivity index (χ1v) is 8.54. The molecule has 0 spiro atoms. The summed E-state index contributed by atoms with van der Waals surface area (Å²) in [6.45, 7) is 3.71. The van der Waals surface area contributed by atoms with Gasteiger partial charge in [0.25, 0.3) is 0 Å². The number of hydrogen-bond donors (Lipinski definition) is 0. The van der Waals surface area contributed by atoms with Crippen LogP contribution in [0.15, 0.2) is 60.7 Å². The number of nitrogens with zero attached hydrogens (tertiary/aromatic N) is 2. The molecule has 0 aliphatic rings. The normalized spacial score (nSPS) is 10.4. The Labute approximate surface area is 157 Å². The van der Waals surface area contributed by atoms with E-state index in [4.69, 9.17) is 9.47 Å². The molecule has 1 heterocycles. The van der Waals surface area contributed by atoms with E-state index in [0.29, 0.717) is 11.3 Å². The van der Waals surface area contributed by atoms with Crippen molar-refractivity contribution in [3.63, 3.8) is 0 Å². The number of hydrogen-bond acceptors (Lipinski definition) is 5. The zero-order valence-corrected chi connectivity index (χ0v) is 15.2. The maximum atomic E-state index is 12.4. The Hall–Kier alpha value is -3.41. The molecule has 0 atom stereocenters. The van der Waals surface area contributed by atoms with Crippen molar-refractivity contribution in [2.24, 2.45) is 0 Å². The van der Waals surface area contributed by atoms with Gasteiger partial charge in [-0.1, -0.05) is 60.7 Å². The van der Waals surface area contributed by atoms with Crippen LogP contribution in [0.2, 0.25) is 0 Å². The Bertz CT molecular complexity index is 858. The molecule has 0 amide bonds. The van der Waals surface area contributed by atoms with Crippen molar-refractivity contribution < 1.29 is 19.1 Å². The van der Waals surface area contributed by atoms with Gasteiger partial charge < -0.3 is 9.47 Å². The third kappa shape index (κ3) is 4.41. The van der Waals surface area contributed by atoms with E-state index in [2.05, 4.69) is 5.10 Å². The lowest BCUT2D eigenvalue weighted by atomic mass is 10.2. The number of esters is 1. The Morgan fingerprint density at radius 1 is 0.852 bits per heavy atom. The summed E-state index contributed by atoms with van der Waals surface area (Å²) in [5, 5.41) is 4.10. The topological polar surface area (TPSA) is 70.4 Å². The molecule has 6 heteroatoms. The summed E-state index contributed by atoms with van der Waals surface area (Å²) in [7, 11) is 0. The Balaban J connectivity index is 1.67. The minimum Gasteiger partial charge on any atom is -0.456 e. The zero-order chi connectivity index (χ0) is 19.2. The first kappa shape index (κ1) is 18.4. The van der Waals surface area contributed by atoms with E-state index in [1.165, 1.54) is 0 Å². The number of aromatic nitrogens is 2. The van der Waals surface area contributed by atoms with Gasteiger partial charge in [0.1, 0.15) is 13.2 Å². The van der Waals surface area contributed by atoms with Crippen LogP contribution in [-0.4, -0.2) is 21.8 Å². The highest BCUT2D eigenvalue weighted by Gasteiger charge is 2.22. The second kappa shape index (κ2) is 8.31. The second-order valence-corrected chi connectivity index (χ2v) is 6.07. The van der Waals surface area contributed by atoms with Crippen LogP contribution < -0.4 is 0 Å². The van der Waals surface area contributed by atoms with E-state index in [-0.39, 0.29) is 18.9 Å². The quantitative estimate of drug-likeness (QED) is 0.639. The summed E-state index contributed by atoms with van der Waals surface area (Å²) in [5.41, 5.74) is 2.99. The predicted molar refractivity (Wildman–Crippen MR) is 99.3 cm³/mol. The van der Waals surface area contributed by atoms with Crippen molar-refractivity contribution in [2.75, 3.05) is 0 Å². The van der Waals surface area contributed by atoms with E-state index >= 15 is 0 Å². The number of carbonyl (C=O) groups is 2. The lowest BCUT2D eigenvalue weighted by Crippen LogP contribution is -2.17. The van der Waals surface area contributed by atoms with Gasteiger partial charge in [-0.3, -0.25) is 0 Å². The standard InChI is InChI=1S/C21H20N2O4/c1-15-16(2)23(21(25)27-14-18-11-7-4-8-12-18)22-19(15)20(24)26-13-17-9-5-3-6-10-17/h3-12H,13-14H2,1-2H3. The smallest absolute Gasteiger partial charge is 0.435 e. The number of rotatable bonds is 5. The highest BCUT2D eigenvalue weighted by atomic mass is 16.6. The maximum absolute atomic E-state index is 12.4. The first-order valence-electron chi connectivity index (χ1n) is 8.54. The predicted octanol–water partition coefficient (Wildman–Crippen LogP) is 4.04. The average molecular weight is 364 g/mol. The molecular weight excluding hydrogens is 344 g/mol. The van der Waals surface area contributed by atoms with Gasteiger partial charge in [0.05, 0.1) is 5.69 Å². The molecule has 3 aromatic rings. The molecule has 6 nitrogen and oxygen atoms in total. The minimum atomic E-state index is -0.637. The van der Waals surface area contributed by atoms with Crippen molar-refractivity contribution in [3.05, 3.63) is 88.7 Å². The molecule has 27 heavy (non-hydrogen) atoms. The first-order chi connectivity index (χ1) is 13.1. The highest BCUT2D eigenvalue weighted by Crippen LogP contribution is 2.15. The van der Waals surface area contributed by atoms with Crippen molar-refractivity contribution in [2.45, 2.75) is 27.1 Å². The second-order valence-electron chi connectivity index (χ2n) is 6.07. The average Bonchev–Trinajstić information content (AvgIpc) is 3.01. The zero-order valence-electron chi connectivity index (χ0n) is 15.2. The SMILES string of the molecule is Cc1c(C(=O)OCc2ccccc2)nn(C(=O)OCc2ccccc2)c1C. The third-order valence-electron chi connectivity index (χ3n) is 4.20. The number of benzene rings is 2. The van der Waals surface area contributed by atoms with Crippen LogP contribution in [-0.2, 0) is 22.7 Å². The Kier molecular flexibility index (Phi) is 5.66. The van der Waals surface area contributed by atoms with Crippen LogP contribution in [0.1, 0.15) is 32.9 Å². The molecule has 138 valence electrons. The molecule has 0 bridgehead atoms. The van der Waals surface area contributed by atoms with Crippen molar-refractivity contribution in [1.29, 1.82) is 0 Å². The minimum absolute atomic E-state index is 0.111. The largest absolute Gasteiger partial charge is 0.456 e. The molecule has 0 saturated heterocycles. The van der Waals surface area contributed by atoms with Gasteiger partial charge in [-0.25, -0.2) is 9.59 Å². The molecule has 0 aliphatic heterocycles. The summed E-state index contributed by atoms with van der Waals surface area (Å²) in [5.74, 6) is -0.575. The van der Waals surface area contributed by atoms with E-state index in [1.807, 2.05) is 60.7 Å². The summed E-state index contributed by atoms with van der Waals surface area (Å²) >= 11 is 0. The molecule has 0 aliphatic carbocycles. The molecule has 0 unspecified atom stereocenters. The van der Waals surface area contributed by atoms with Crippen LogP contribution in [0.4, 0.5) is 4.79 Å². The van der Waals surface area contributed by atoms with Crippen molar-refractivity contribution in [1.82, 2.24) is 9.78 Å². The van der Waals surface area contributed by atoms with Crippen LogP contribution in [0.5, 0.6) is 0 Å². The van der Waals surface area contributed by atoms with Crippen LogP contribution in [0.3, 0.4) is 0 Å². The van der Waals surface area contributed by atoms with Gasteiger partial charge in [-0.05, 0) is 25.0 Å². The summed E-state index contributed by atoms with van der Waals surface area (Å²) in [6.07, 6.45) is -0.637. The lowest BCUT2D eigenvalue weighted by Gasteiger charge is -2.05. The van der Waals surface area contributed by atoms with Gasteiger partial charge in [-0.2, -0.15) is 9.78 Å². The summed E-state index contributed by atoms with van der Waals surface area (Å²) in [4.78, 5) is 24.7. The monoisotopic (exact) mass is 364 g/mol. The summed E-state index contributed by atoms with van der Waals surface area (Å²) < 4.78 is 11.7. The van der Waals surface area contributed by atoms with Gasteiger partial charge in [-0.15, -0.1) is 0 Å². The van der Waals surface area contributed by atoms with Crippen molar-refractivity contribution >= 4 is 12.1 Å². The molecule has 3 rings (SSSR count).